The highest BCUT2D eigenvalue weighted by atomic mass is 35.5. The van der Waals surface area contributed by atoms with Crippen molar-refractivity contribution < 1.29 is 21.6 Å². The number of anilines is 4. The van der Waals surface area contributed by atoms with E-state index in [-0.39, 0.29) is 52.6 Å². The summed E-state index contributed by atoms with van der Waals surface area (Å²) in [5, 5.41) is 9.77. The van der Waals surface area contributed by atoms with Gasteiger partial charge in [0, 0.05) is 11.8 Å². The quantitative estimate of drug-likeness (QED) is 0.249. The van der Waals surface area contributed by atoms with Gasteiger partial charge in [0.05, 0.1) is 29.6 Å². The van der Waals surface area contributed by atoms with E-state index in [1.165, 1.54) is 31.2 Å². The fraction of sp³-hybridized carbons (Fsp3) is 0.273. The van der Waals surface area contributed by atoms with Crippen LogP contribution in [0.1, 0.15) is 11.1 Å². The summed E-state index contributed by atoms with van der Waals surface area (Å²) in [5.74, 6) is 1.05. The lowest BCUT2D eigenvalue weighted by Gasteiger charge is -2.20. The van der Waals surface area contributed by atoms with E-state index in [4.69, 9.17) is 16.3 Å². The van der Waals surface area contributed by atoms with Crippen molar-refractivity contribution in [3.8, 4) is 5.75 Å². The van der Waals surface area contributed by atoms with Crippen molar-refractivity contribution in [2.24, 2.45) is 0 Å². The average molecular weight is 613 g/mol. The molecule has 0 fully saturated rings. The van der Waals surface area contributed by atoms with Gasteiger partial charge in [0.25, 0.3) is 0 Å². The highest BCUT2D eigenvalue weighted by molar-refractivity contribution is 7.86. The van der Waals surface area contributed by atoms with Crippen LogP contribution in [0.15, 0.2) is 41.4 Å². The first-order valence-corrected chi connectivity index (χ1v) is 14.9. The second kappa shape index (κ2) is 12.1. The van der Waals surface area contributed by atoms with Gasteiger partial charge >= 0.3 is 10.2 Å². The molecule has 3 aromatic rings. The number of fused-ring (bicyclic) bond motifs is 1. The molecule has 4 rings (SSSR count). The maximum atomic E-state index is 13.5. The standard InChI is InChI=1S/C22H24ClFN5O4PS.2ClH/c1-33-19-9-13-6-7-25-11-14(13)8-18(19)28-22-26-12-16(23)21(29-22)27-17-5-4-15(35(24,31)32)10-20(17)34(2,3)30;;/h4-5,8-10,12,25H,6-7,11H2,1-3H3,(H2,26,27,28,29);2*1H. The number of rotatable bonds is 7. The molecule has 0 aliphatic carbocycles. The largest absolute Gasteiger partial charge is 0.495 e. The van der Waals surface area contributed by atoms with Gasteiger partial charge in [-0.1, -0.05) is 11.6 Å². The summed E-state index contributed by atoms with van der Waals surface area (Å²) in [6, 6.07) is 7.42. The molecule has 0 unspecified atom stereocenters. The van der Waals surface area contributed by atoms with Crippen molar-refractivity contribution in [1.29, 1.82) is 0 Å². The molecule has 0 saturated carbocycles. The van der Waals surface area contributed by atoms with Crippen molar-refractivity contribution in [2.75, 3.05) is 37.6 Å². The molecule has 37 heavy (non-hydrogen) atoms. The highest BCUT2D eigenvalue weighted by Crippen LogP contribution is 2.40. The SMILES string of the molecule is COc1cc2c(cc1Nc1ncc(Cl)c(Nc3ccc(S(=O)(=O)F)cc3P(C)(C)=O)n1)CNCC2.Cl.Cl. The molecule has 0 amide bonds. The Bertz CT molecular complexity index is 1460. The summed E-state index contributed by atoms with van der Waals surface area (Å²) < 4.78 is 54.6. The molecule has 3 N–H and O–H groups in total. The number of nitrogens with zero attached hydrogens (tertiary/aromatic N) is 2. The van der Waals surface area contributed by atoms with Gasteiger partial charge in [0.1, 0.15) is 17.9 Å². The van der Waals surface area contributed by atoms with Gasteiger partial charge in [-0.2, -0.15) is 13.4 Å². The molecular formula is C22H26Cl3FN5O4PS. The Balaban J connectivity index is 0.00000241. The molecule has 202 valence electrons. The van der Waals surface area contributed by atoms with Crippen LogP contribution in [0.3, 0.4) is 0 Å². The number of aromatic nitrogens is 2. The van der Waals surface area contributed by atoms with Crippen LogP contribution >= 0.6 is 43.6 Å². The number of benzene rings is 2. The number of methoxy groups -OCH3 is 1. The van der Waals surface area contributed by atoms with Crippen LogP contribution < -0.4 is 26.0 Å². The molecule has 0 bridgehead atoms. The molecule has 0 radical (unpaired) electrons. The predicted molar refractivity (Wildman–Crippen MR) is 150 cm³/mol. The lowest BCUT2D eigenvalue weighted by Crippen LogP contribution is -2.23. The van der Waals surface area contributed by atoms with Gasteiger partial charge in [0.15, 0.2) is 5.82 Å². The number of nitrogens with one attached hydrogen (secondary N) is 3. The molecule has 15 heteroatoms. The Labute approximate surface area is 232 Å². The van der Waals surface area contributed by atoms with Crippen molar-refractivity contribution in [2.45, 2.75) is 17.9 Å². The van der Waals surface area contributed by atoms with Crippen LogP contribution in [0.5, 0.6) is 5.75 Å². The van der Waals surface area contributed by atoms with Crippen LogP contribution in [0.4, 0.5) is 27.0 Å². The monoisotopic (exact) mass is 611 g/mol. The Hall–Kier alpha value is -2.14. The molecule has 2 heterocycles. The molecule has 0 spiro atoms. The predicted octanol–water partition coefficient (Wildman–Crippen LogP) is 5.02. The number of ether oxygens (including phenoxy) is 1. The number of halogens is 4. The second-order valence-electron chi connectivity index (χ2n) is 8.36. The van der Waals surface area contributed by atoms with Crippen LogP contribution in [0.2, 0.25) is 5.02 Å². The van der Waals surface area contributed by atoms with Crippen LogP contribution in [0.25, 0.3) is 0 Å². The minimum Gasteiger partial charge on any atom is -0.495 e. The third-order valence-corrected chi connectivity index (χ3v) is 8.11. The Kier molecular flexibility index (Phi) is 10.2. The van der Waals surface area contributed by atoms with Crippen LogP contribution in [-0.4, -0.2) is 45.4 Å². The smallest absolute Gasteiger partial charge is 0.332 e. The first kappa shape index (κ1) is 31.1. The van der Waals surface area contributed by atoms with E-state index in [0.29, 0.717) is 11.4 Å². The molecule has 1 aromatic heterocycles. The third-order valence-electron chi connectivity index (χ3n) is 5.48. The molecule has 2 aromatic carbocycles. The van der Waals surface area contributed by atoms with Gasteiger partial charge in [0.2, 0.25) is 5.95 Å². The van der Waals surface area contributed by atoms with E-state index in [2.05, 4.69) is 25.9 Å². The average Bonchev–Trinajstić information content (AvgIpc) is 2.79. The summed E-state index contributed by atoms with van der Waals surface area (Å²) in [5.41, 5.74) is 3.31. The maximum absolute atomic E-state index is 13.5. The van der Waals surface area contributed by atoms with Crippen LogP contribution in [0, 0.1) is 0 Å². The lowest BCUT2D eigenvalue weighted by molar-refractivity contribution is 0.415. The summed E-state index contributed by atoms with van der Waals surface area (Å²) >= 11 is 6.30. The number of hydrogen-bond donors (Lipinski definition) is 3. The van der Waals surface area contributed by atoms with Crippen molar-refractivity contribution in [3.05, 3.63) is 52.7 Å². The summed E-state index contributed by atoms with van der Waals surface area (Å²) in [7, 11) is -6.39. The molecule has 0 atom stereocenters. The lowest BCUT2D eigenvalue weighted by atomic mass is 10.00. The molecule has 1 aliphatic heterocycles. The number of hydrogen-bond acceptors (Lipinski definition) is 9. The van der Waals surface area contributed by atoms with Crippen LogP contribution in [-0.2, 0) is 27.8 Å². The van der Waals surface area contributed by atoms with Crippen molar-refractivity contribution in [3.63, 3.8) is 0 Å². The minimum atomic E-state index is -4.96. The molecule has 1 aliphatic rings. The van der Waals surface area contributed by atoms with E-state index < -0.39 is 22.3 Å². The van der Waals surface area contributed by atoms with Crippen molar-refractivity contribution in [1.82, 2.24) is 15.3 Å². The van der Waals surface area contributed by atoms with E-state index in [0.717, 1.165) is 37.2 Å². The zero-order valence-electron chi connectivity index (χ0n) is 20.0. The van der Waals surface area contributed by atoms with Gasteiger partial charge in [-0.05, 0) is 67.8 Å². The molecular weight excluding hydrogens is 587 g/mol. The van der Waals surface area contributed by atoms with E-state index in [1.54, 1.807) is 7.11 Å². The normalized spacial score (nSPS) is 13.0. The van der Waals surface area contributed by atoms with E-state index in [9.17, 15) is 16.9 Å². The first-order chi connectivity index (χ1) is 16.5. The minimum absolute atomic E-state index is 0. The summed E-state index contributed by atoms with van der Waals surface area (Å²) in [4.78, 5) is 8.08. The van der Waals surface area contributed by atoms with E-state index >= 15 is 0 Å². The van der Waals surface area contributed by atoms with Gasteiger partial charge in [-0.25, -0.2) is 4.98 Å². The van der Waals surface area contributed by atoms with Gasteiger partial charge in [-0.3, -0.25) is 0 Å². The highest BCUT2D eigenvalue weighted by Gasteiger charge is 2.22. The Morgan fingerprint density at radius 3 is 2.49 bits per heavy atom. The zero-order chi connectivity index (χ0) is 25.4. The first-order valence-electron chi connectivity index (χ1n) is 10.6. The van der Waals surface area contributed by atoms with Gasteiger partial charge < -0.3 is 25.3 Å². The molecule has 0 saturated heterocycles. The second-order valence-corrected chi connectivity index (χ2v) is 13.3. The van der Waals surface area contributed by atoms with Gasteiger partial charge in [-0.15, -0.1) is 28.7 Å². The molecule has 9 nitrogen and oxygen atoms in total. The fourth-order valence-electron chi connectivity index (χ4n) is 3.75. The van der Waals surface area contributed by atoms with E-state index in [1.807, 2.05) is 12.1 Å². The van der Waals surface area contributed by atoms with Crippen molar-refractivity contribution >= 4 is 82.2 Å². The fourth-order valence-corrected chi connectivity index (χ4v) is 5.63. The third kappa shape index (κ3) is 7.25. The Morgan fingerprint density at radius 2 is 1.84 bits per heavy atom. The topological polar surface area (TPSA) is 122 Å². The summed E-state index contributed by atoms with van der Waals surface area (Å²) in [6.45, 7) is 4.55. The zero-order valence-corrected chi connectivity index (χ0v) is 24.1. The summed E-state index contributed by atoms with van der Waals surface area (Å²) in [6.07, 6.45) is 2.30. The Morgan fingerprint density at radius 1 is 1.11 bits per heavy atom. The maximum Gasteiger partial charge on any atom is 0.332 e.